The molecule has 4 aromatic rings. The Morgan fingerprint density at radius 2 is 1.34 bits per heavy atom. The molecular formula is C34H37N3O. The molecule has 0 radical (unpaired) electrons. The molecule has 4 nitrogen and oxygen atoms in total. The first-order chi connectivity index (χ1) is 18.8. The van der Waals surface area contributed by atoms with Gasteiger partial charge in [0, 0.05) is 39.3 Å². The fourth-order valence-corrected chi connectivity index (χ4v) is 6.42. The number of amides is 1. The minimum Gasteiger partial charge on any atom is -0.340 e. The quantitative estimate of drug-likeness (QED) is 0.324. The Hall–Kier alpha value is -3.47. The van der Waals surface area contributed by atoms with Gasteiger partial charge in [-0.25, -0.2) is 0 Å². The first-order valence-corrected chi connectivity index (χ1v) is 14.1. The fourth-order valence-electron chi connectivity index (χ4n) is 6.42. The molecule has 2 fully saturated rings. The monoisotopic (exact) mass is 503 g/mol. The lowest BCUT2D eigenvalue weighted by Gasteiger charge is -2.42. The highest BCUT2D eigenvalue weighted by Gasteiger charge is 2.33. The predicted octanol–water partition coefficient (Wildman–Crippen LogP) is 5.99. The van der Waals surface area contributed by atoms with Crippen LogP contribution in [0.15, 0.2) is 103 Å². The Kier molecular flexibility index (Phi) is 7.52. The number of likely N-dealkylation sites (tertiary alicyclic amines) is 1. The average Bonchev–Trinajstić information content (AvgIpc) is 2.99. The minimum atomic E-state index is 0.101. The van der Waals surface area contributed by atoms with E-state index in [1.807, 2.05) is 0 Å². The molecule has 1 unspecified atom stereocenters. The van der Waals surface area contributed by atoms with Crippen molar-refractivity contribution in [1.82, 2.24) is 14.7 Å². The number of carbonyl (C=O) groups is 1. The van der Waals surface area contributed by atoms with Crippen LogP contribution in [0.5, 0.6) is 0 Å². The number of piperidine rings is 1. The van der Waals surface area contributed by atoms with Crippen LogP contribution in [0.1, 0.15) is 35.6 Å². The molecule has 0 saturated carbocycles. The maximum Gasteiger partial charge on any atom is 0.227 e. The van der Waals surface area contributed by atoms with Crippen molar-refractivity contribution in [3.05, 3.63) is 120 Å². The molecule has 1 atom stereocenters. The van der Waals surface area contributed by atoms with Gasteiger partial charge in [-0.05, 0) is 46.8 Å². The van der Waals surface area contributed by atoms with Gasteiger partial charge >= 0.3 is 0 Å². The maximum absolute atomic E-state index is 13.7. The molecule has 0 aliphatic carbocycles. The maximum atomic E-state index is 13.7. The van der Waals surface area contributed by atoms with Gasteiger partial charge in [0.1, 0.15) is 0 Å². The topological polar surface area (TPSA) is 26.8 Å². The van der Waals surface area contributed by atoms with Gasteiger partial charge < -0.3 is 4.90 Å². The number of rotatable bonds is 6. The second-order valence-electron chi connectivity index (χ2n) is 10.8. The Bertz CT molecular complexity index is 1300. The molecule has 0 spiro atoms. The summed E-state index contributed by atoms with van der Waals surface area (Å²) in [5.41, 5.74) is 3.99. The highest BCUT2D eigenvalue weighted by atomic mass is 16.2. The number of piperazine rings is 1. The first-order valence-electron chi connectivity index (χ1n) is 14.1. The lowest BCUT2D eigenvalue weighted by molar-refractivity contribution is -0.139. The predicted molar refractivity (Wildman–Crippen MR) is 155 cm³/mol. The first kappa shape index (κ1) is 24.8. The SMILES string of the molecule is O=C(C1CCCN(Cc2cccc3ccccc23)C1)N1CCN(C(c2ccccc2)c2ccccc2)CC1. The normalized spacial score (nSPS) is 19.2. The minimum absolute atomic E-state index is 0.101. The zero-order valence-electron chi connectivity index (χ0n) is 22.1. The third-order valence-electron chi connectivity index (χ3n) is 8.35. The van der Waals surface area contributed by atoms with Gasteiger partial charge in [-0.2, -0.15) is 0 Å². The smallest absolute Gasteiger partial charge is 0.227 e. The van der Waals surface area contributed by atoms with Crippen molar-refractivity contribution in [2.75, 3.05) is 39.3 Å². The Morgan fingerprint density at radius 3 is 2.05 bits per heavy atom. The summed E-state index contributed by atoms with van der Waals surface area (Å²) in [6.07, 6.45) is 2.09. The molecule has 194 valence electrons. The molecule has 0 aromatic heterocycles. The summed E-state index contributed by atoms with van der Waals surface area (Å²) in [6.45, 7) is 6.23. The van der Waals surface area contributed by atoms with Crippen LogP contribution in [0.2, 0.25) is 0 Å². The zero-order chi connectivity index (χ0) is 25.7. The number of carbonyl (C=O) groups excluding carboxylic acids is 1. The van der Waals surface area contributed by atoms with E-state index < -0.39 is 0 Å². The van der Waals surface area contributed by atoms with Crippen LogP contribution in [0.3, 0.4) is 0 Å². The van der Waals surface area contributed by atoms with E-state index in [1.165, 1.54) is 27.5 Å². The van der Waals surface area contributed by atoms with Crippen LogP contribution in [0.25, 0.3) is 10.8 Å². The molecule has 38 heavy (non-hydrogen) atoms. The van der Waals surface area contributed by atoms with Crippen LogP contribution in [0, 0.1) is 5.92 Å². The second kappa shape index (κ2) is 11.5. The summed E-state index contributed by atoms with van der Waals surface area (Å²) in [5.74, 6) is 0.451. The Balaban J connectivity index is 1.10. The van der Waals surface area contributed by atoms with Gasteiger partial charge in [0.25, 0.3) is 0 Å². The number of fused-ring (bicyclic) bond motifs is 1. The van der Waals surface area contributed by atoms with E-state index in [2.05, 4.69) is 118 Å². The molecule has 0 bridgehead atoms. The molecular weight excluding hydrogens is 466 g/mol. The highest BCUT2D eigenvalue weighted by molar-refractivity contribution is 5.85. The van der Waals surface area contributed by atoms with Crippen molar-refractivity contribution in [2.24, 2.45) is 5.92 Å². The summed E-state index contributed by atoms with van der Waals surface area (Å²) in [7, 11) is 0. The summed E-state index contributed by atoms with van der Waals surface area (Å²) in [6, 6.07) is 37.0. The van der Waals surface area contributed by atoms with E-state index >= 15 is 0 Å². The number of nitrogens with zero attached hydrogens (tertiary/aromatic N) is 3. The molecule has 6 rings (SSSR count). The van der Waals surface area contributed by atoms with Crippen molar-refractivity contribution < 1.29 is 4.79 Å². The van der Waals surface area contributed by atoms with E-state index in [0.29, 0.717) is 5.91 Å². The van der Waals surface area contributed by atoms with E-state index in [1.54, 1.807) is 0 Å². The zero-order valence-corrected chi connectivity index (χ0v) is 22.1. The van der Waals surface area contributed by atoms with Crippen molar-refractivity contribution in [1.29, 1.82) is 0 Å². The second-order valence-corrected chi connectivity index (χ2v) is 10.8. The van der Waals surface area contributed by atoms with Crippen LogP contribution >= 0.6 is 0 Å². The molecule has 2 aliphatic heterocycles. The van der Waals surface area contributed by atoms with Crippen molar-refractivity contribution in [3.63, 3.8) is 0 Å². The van der Waals surface area contributed by atoms with Gasteiger partial charge in [0.15, 0.2) is 0 Å². The van der Waals surface area contributed by atoms with Crippen LogP contribution in [-0.2, 0) is 11.3 Å². The summed E-state index contributed by atoms with van der Waals surface area (Å²) in [5, 5.41) is 2.61. The number of benzene rings is 4. The Morgan fingerprint density at radius 1 is 0.711 bits per heavy atom. The third-order valence-corrected chi connectivity index (χ3v) is 8.35. The molecule has 1 amide bonds. The number of hydrogen-bond acceptors (Lipinski definition) is 3. The van der Waals surface area contributed by atoms with Gasteiger partial charge in [0.2, 0.25) is 5.91 Å². The number of hydrogen-bond donors (Lipinski definition) is 0. The van der Waals surface area contributed by atoms with Gasteiger partial charge in [-0.3, -0.25) is 14.6 Å². The molecule has 4 aromatic carbocycles. The van der Waals surface area contributed by atoms with Gasteiger partial charge in [-0.15, -0.1) is 0 Å². The highest BCUT2D eigenvalue weighted by Crippen LogP contribution is 2.30. The van der Waals surface area contributed by atoms with Crippen molar-refractivity contribution in [3.8, 4) is 0 Å². The van der Waals surface area contributed by atoms with Gasteiger partial charge in [-0.1, -0.05) is 103 Å². The fraction of sp³-hybridized carbons (Fsp3) is 0.324. The van der Waals surface area contributed by atoms with Crippen LogP contribution in [0.4, 0.5) is 0 Å². The van der Waals surface area contributed by atoms with E-state index in [-0.39, 0.29) is 12.0 Å². The summed E-state index contributed by atoms with van der Waals surface area (Å²) < 4.78 is 0. The van der Waals surface area contributed by atoms with Crippen LogP contribution in [-0.4, -0.2) is 59.9 Å². The largest absolute Gasteiger partial charge is 0.340 e. The van der Waals surface area contributed by atoms with Gasteiger partial charge in [0.05, 0.1) is 12.0 Å². The lowest BCUT2D eigenvalue weighted by Crippen LogP contribution is -2.53. The van der Waals surface area contributed by atoms with Crippen LogP contribution < -0.4 is 0 Å². The van der Waals surface area contributed by atoms with E-state index in [4.69, 9.17) is 0 Å². The molecule has 2 aliphatic rings. The van der Waals surface area contributed by atoms with Crippen molar-refractivity contribution in [2.45, 2.75) is 25.4 Å². The molecule has 0 N–H and O–H groups in total. The van der Waals surface area contributed by atoms with E-state index in [0.717, 1.165) is 58.7 Å². The molecule has 4 heteroatoms. The standard InChI is InChI=1S/C34H37N3O/c38-34(31-18-10-20-35(26-31)25-30-17-9-16-27-11-7-8-19-32(27)30)37-23-21-36(22-24-37)33(28-12-3-1-4-13-28)29-14-5-2-6-15-29/h1-9,11-17,19,31,33H,10,18,20-26H2. The summed E-state index contributed by atoms with van der Waals surface area (Å²) in [4.78, 5) is 20.8. The molecule has 2 saturated heterocycles. The lowest BCUT2D eigenvalue weighted by atomic mass is 9.94. The molecule has 2 heterocycles. The van der Waals surface area contributed by atoms with E-state index in [9.17, 15) is 4.79 Å². The third kappa shape index (κ3) is 5.38. The summed E-state index contributed by atoms with van der Waals surface area (Å²) >= 11 is 0. The van der Waals surface area contributed by atoms with Crippen molar-refractivity contribution >= 4 is 16.7 Å². The average molecular weight is 504 g/mol. The Labute approximate surface area is 226 Å².